The molecule has 0 aliphatic carbocycles. The molecule has 2 aliphatic heterocycles. The third-order valence-electron chi connectivity index (χ3n) is 5.05. The Balaban J connectivity index is 1.78. The minimum absolute atomic E-state index is 0.182. The van der Waals surface area contributed by atoms with Crippen LogP contribution in [0.25, 0.3) is 0 Å². The third kappa shape index (κ3) is 3.39. The first-order chi connectivity index (χ1) is 10.2. The van der Waals surface area contributed by atoms with Crippen LogP contribution in [0.4, 0.5) is 0 Å². The van der Waals surface area contributed by atoms with E-state index in [4.69, 9.17) is 4.74 Å². The van der Waals surface area contributed by atoms with E-state index in [1.807, 2.05) is 12.1 Å². The molecule has 0 aromatic heterocycles. The molecule has 1 aromatic rings. The van der Waals surface area contributed by atoms with E-state index in [0.29, 0.717) is 5.75 Å². The summed E-state index contributed by atoms with van der Waals surface area (Å²) in [6.07, 6.45) is 2.15. The standard InChI is InChI=1S/C17H26N2O2/c1-18-8-10-19(11-9-18)14-17(6-12-21-13-7-17)15-2-4-16(20)5-3-15/h2-5,20H,6-14H2,1H3. The molecule has 1 N–H and O–H groups in total. The Bertz CT molecular complexity index is 446. The number of benzene rings is 1. The van der Waals surface area contributed by atoms with Crippen molar-refractivity contribution >= 4 is 0 Å². The molecule has 0 spiro atoms. The smallest absolute Gasteiger partial charge is 0.115 e. The maximum Gasteiger partial charge on any atom is 0.115 e. The average molecular weight is 290 g/mol. The molecule has 0 radical (unpaired) electrons. The lowest BCUT2D eigenvalue weighted by molar-refractivity contribution is 0.0261. The zero-order valence-electron chi connectivity index (χ0n) is 12.9. The Morgan fingerprint density at radius 3 is 2.29 bits per heavy atom. The molecule has 3 rings (SSSR count). The van der Waals surface area contributed by atoms with Gasteiger partial charge in [-0.25, -0.2) is 0 Å². The van der Waals surface area contributed by atoms with Crippen LogP contribution < -0.4 is 0 Å². The Hall–Kier alpha value is -1.10. The molecule has 0 atom stereocenters. The number of rotatable bonds is 3. The molecule has 116 valence electrons. The van der Waals surface area contributed by atoms with Gasteiger partial charge in [-0.1, -0.05) is 12.1 Å². The van der Waals surface area contributed by atoms with Crippen molar-refractivity contribution in [3.8, 4) is 5.75 Å². The Kier molecular flexibility index (Phi) is 4.48. The van der Waals surface area contributed by atoms with Crippen molar-refractivity contribution in [2.75, 3.05) is 53.0 Å². The summed E-state index contributed by atoms with van der Waals surface area (Å²) >= 11 is 0. The normalized spacial score (nSPS) is 24.0. The monoisotopic (exact) mass is 290 g/mol. The van der Waals surface area contributed by atoms with Gasteiger partial charge < -0.3 is 14.7 Å². The lowest BCUT2D eigenvalue weighted by Gasteiger charge is -2.43. The van der Waals surface area contributed by atoms with Gasteiger partial charge in [0.1, 0.15) is 5.75 Å². The number of hydrogen-bond acceptors (Lipinski definition) is 4. The second-order valence-corrected chi connectivity index (χ2v) is 6.52. The molecule has 1 aromatic carbocycles. The van der Waals surface area contributed by atoms with E-state index in [0.717, 1.165) is 58.8 Å². The zero-order valence-corrected chi connectivity index (χ0v) is 12.9. The summed E-state index contributed by atoms with van der Waals surface area (Å²) in [5.41, 5.74) is 1.53. The summed E-state index contributed by atoms with van der Waals surface area (Å²) in [6.45, 7) is 7.40. The summed E-state index contributed by atoms with van der Waals surface area (Å²) < 4.78 is 5.60. The largest absolute Gasteiger partial charge is 0.508 e. The number of hydrogen-bond donors (Lipinski definition) is 1. The van der Waals surface area contributed by atoms with Gasteiger partial charge in [0, 0.05) is 51.4 Å². The molecule has 4 nitrogen and oxygen atoms in total. The van der Waals surface area contributed by atoms with Crippen LogP contribution in [0.3, 0.4) is 0 Å². The van der Waals surface area contributed by atoms with Crippen LogP contribution in [-0.4, -0.2) is 67.9 Å². The van der Waals surface area contributed by atoms with E-state index < -0.39 is 0 Å². The van der Waals surface area contributed by atoms with Crippen molar-refractivity contribution in [1.29, 1.82) is 0 Å². The van der Waals surface area contributed by atoms with E-state index in [1.165, 1.54) is 5.56 Å². The highest BCUT2D eigenvalue weighted by Crippen LogP contribution is 2.36. The van der Waals surface area contributed by atoms with Crippen LogP contribution in [0.1, 0.15) is 18.4 Å². The first kappa shape index (κ1) is 14.8. The van der Waals surface area contributed by atoms with Crippen LogP contribution in [0.2, 0.25) is 0 Å². The van der Waals surface area contributed by atoms with Gasteiger partial charge in [0.2, 0.25) is 0 Å². The molecular weight excluding hydrogens is 264 g/mol. The maximum atomic E-state index is 9.55. The Morgan fingerprint density at radius 2 is 1.67 bits per heavy atom. The van der Waals surface area contributed by atoms with E-state index in [9.17, 15) is 5.11 Å². The summed E-state index contributed by atoms with van der Waals surface area (Å²) in [5, 5.41) is 9.55. The van der Waals surface area contributed by atoms with Crippen LogP contribution in [0.15, 0.2) is 24.3 Å². The van der Waals surface area contributed by atoms with Crippen molar-refractivity contribution in [3.63, 3.8) is 0 Å². The van der Waals surface area contributed by atoms with E-state index in [1.54, 1.807) is 0 Å². The lowest BCUT2D eigenvalue weighted by Crippen LogP contribution is -2.51. The topological polar surface area (TPSA) is 35.9 Å². The average Bonchev–Trinajstić information content (AvgIpc) is 2.51. The van der Waals surface area contributed by atoms with E-state index in [2.05, 4.69) is 29.0 Å². The number of ether oxygens (including phenoxy) is 1. The number of nitrogens with zero attached hydrogens (tertiary/aromatic N) is 2. The number of likely N-dealkylation sites (N-methyl/N-ethyl adjacent to an activating group) is 1. The van der Waals surface area contributed by atoms with Crippen molar-refractivity contribution in [1.82, 2.24) is 9.80 Å². The highest BCUT2D eigenvalue weighted by Gasteiger charge is 2.36. The first-order valence-corrected chi connectivity index (χ1v) is 7.96. The van der Waals surface area contributed by atoms with E-state index >= 15 is 0 Å². The van der Waals surface area contributed by atoms with E-state index in [-0.39, 0.29) is 5.41 Å². The highest BCUT2D eigenvalue weighted by molar-refractivity contribution is 5.32. The summed E-state index contributed by atoms with van der Waals surface area (Å²) in [7, 11) is 2.20. The predicted octanol–water partition coefficient (Wildman–Crippen LogP) is 1.69. The Morgan fingerprint density at radius 1 is 1.05 bits per heavy atom. The third-order valence-corrected chi connectivity index (χ3v) is 5.05. The van der Waals surface area contributed by atoms with Crippen molar-refractivity contribution in [2.45, 2.75) is 18.3 Å². The van der Waals surface area contributed by atoms with Gasteiger partial charge in [-0.15, -0.1) is 0 Å². The van der Waals surface area contributed by atoms with Gasteiger partial charge in [-0.2, -0.15) is 0 Å². The summed E-state index contributed by atoms with van der Waals surface area (Å²) in [6, 6.07) is 7.82. The fraction of sp³-hybridized carbons (Fsp3) is 0.647. The van der Waals surface area contributed by atoms with Gasteiger partial charge in [0.15, 0.2) is 0 Å². The number of phenols is 1. The fourth-order valence-electron chi connectivity index (χ4n) is 3.55. The van der Waals surface area contributed by atoms with Crippen molar-refractivity contribution in [3.05, 3.63) is 29.8 Å². The van der Waals surface area contributed by atoms with Gasteiger partial charge >= 0.3 is 0 Å². The van der Waals surface area contributed by atoms with Gasteiger partial charge in [-0.05, 0) is 37.6 Å². The fourth-order valence-corrected chi connectivity index (χ4v) is 3.55. The Labute approximate surface area is 127 Å². The van der Waals surface area contributed by atoms with Crippen LogP contribution in [0.5, 0.6) is 5.75 Å². The molecule has 0 amide bonds. The van der Waals surface area contributed by atoms with Crippen molar-refractivity contribution in [2.24, 2.45) is 0 Å². The van der Waals surface area contributed by atoms with Crippen LogP contribution in [-0.2, 0) is 10.2 Å². The first-order valence-electron chi connectivity index (χ1n) is 7.96. The quantitative estimate of drug-likeness (QED) is 0.919. The molecule has 2 aliphatic rings. The van der Waals surface area contributed by atoms with Crippen molar-refractivity contribution < 1.29 is 9.84 Å². The highest BCUT2D eigenvalue weighted by atomic mass is 16.5. The number of piperazine rings is 1. The molecule has 2 fully saturated rings. The zero-order chi connectivity index (χ0) is 14.7. The molecular formula is C17H26N2O2. The SMILES string of the molecule is CN1CCN(CC2(c3ccc(O)cc3)CCOCC2)CC1. The molecule has 0 bridgehead atoms. The second-order valence-electron chi connectivity index (χ2n) is 6.52. The van der Waals surface area contributed by atoms with Crippen LogP contribution in [0, 0.1) is 0 Å². The molecule has 21 heavy (non-hydrogen) atoms. The summed E-state index contributed by atoms with van der Waals surface area (Å²) in [5.74, 6) is 0.348. The molecule has 2 heterocycles. The number of aromatic hydroxyl groups is 1. The van der Waals surface area contributed by atoms with Gasteiger partial charge in [0.05, 0.1) is 0 Å². The molecule has 4 heteroatoms. The van der Waals surface area contributed by atoms with Gasteiger partial charge in [-0.3, -0.25) is 4.90 Å². The second kappa shape index (κ2) is 6.34. The minimum atomic E-state index is 0.182. The predicted molar refractivity (Wildman–Crippen MR) is 83.8 cm³/mol. The maximum absolute atomic E-state index is 9.55. The van der Waals surface area contributed by atoms with Crippen LogP contribution >= 0.6 is 0 Å². The summed E-state index contributed by atoms with van der Waals surface area (Å²) in [4.78, 5) is 4.99. The molecule has 0 saturated carbocycles. The number of phenolic OH excluding ortho intramolecular Hbond substituents is 1. The molecule has 0 unspecified atom stereocenters. The molecule has 2 saturated heterocycles. The van der Waals surface area contributed by atoms with Gasteiger partial charge in [0.25, 0.3) is 0 Å². The lowest BCUT2D eigenvalue weighted by atomic mass is 9.73. The minimum Gasteiger partial charge on any atom is -0.508 e.